The molecule has 0 aliphatic heterocycles. The van der Waals surface area contributed by atoms with E-state index in [1.54, 1.807) is 0 Å². The standard InChI is InChI=1S/C16H29N3/c1-5-7-8-12-19(4)16-13-15(9-11-18-16)14(3)17-10-6-2/h9,11,13-14,17H,5-8,10,12H2,1-4H3. The van der Waals surface area contributed by atoms with E-state index < -0.39 is 0 Å². The van der Waals surface area contributed by atoms with Crippen LogP contribution in [0.5, 0.6) is 0 Å². The molecule has 108 valence electrons. The van der Waals surface area contributed by atoms with Gasteiger partial charge in [-0.1, -0.05) is 26.7 Å². The highest BCUT2D eigenvalue weighted by atomic mass is 15.2. The Morgan fingerprint density at radius 1 is 1.26 bits per heavy atom. The number of anilines is 1. The summed E-state index contributed by atoms with van der Waals surface area (Å²) >= 11 is 0. The lowest BCUT2D eigenvalue weighted by atomic mass is 10.1. The van der Waals surface area contributed by atoms with E-state index in [-0.39, 0.29) is 0 Å². The average Bonchev–Trinajstić information content (AvgIpc) is 2.45. The van der Waals surface area contributed by atoms with Crippen LogP contribution >= 0.6 is 0 Å². The first kappa shape index (κ1) is 16.0. The van der Waals surface area contributed by atoms with Gasteiger partial charge in [0.1, 0.15) is 5.82 Å². The van der Waals surface area contributed by atoms with Gasteiger partial charge in [0, 0.05) is 25.8 Å². The first-order valence-electron chi connectivity index (χ1n) is 7.59. The zero-order valence-corrected chi connectivity index (χ0v) is 12.9. The molecule has 3 nitrogen and oxygen atoms in total. The maximum atomic E-state index is 4.48. The summed E-state index contributed by atoms with van der Waals surface area (Å²) in [7, 11) is 2.13. The molecule has 1 atom stereocenters. The molecule has 1 rings (SSSR count). The Morgan fingerprint density at radius 3 is 2.74 bits per heavy atom. The van der Waals surface area contributed by atoms with Crippen molar-refractivity contribution in [2.45, 2.75) is 52.5 Å². The Labute approximate surface area is 118 Å². The van der Waals surface area contributed by atoms with E-state index in [1.165, 1.54) is 31.2 Å². The average molecular weight is 263 g/mol. The molecule has 0 radical (unpaired) electrons. The highest BCUT2D eigenvalue weighted by molar-refractivity contribution is 5.40. The van der Waals surface area contributed by atoms with E-state index in [9.17, 15) is 0 Å². The molecule has 0 fully saturated rings. The van der Waals surface area contributed by atoms with Crippen LogP contribution in [0.2, 0.25) is 0 Å². The van der Waals surface area contributed by atoms with Crippen molar-refractivity contribution in [1.29, 1.82) is 0 Å². The largest absolute Gasteiger partial charge is 0.360 e. The van der Waals surface area contributed by atoms with E-state index >= 15 is 0 Å². The number of pyridine rings is 1. The molecule has 0 aromatic carbocycles. The third-order valence-electron chi connectivity index (χ3n) is 3.46. The number of hydrogen-bond donors (Lipinski definition) is 1. The molecule has 0 aliphatic rings. The van der Waals surface area contributed by atoms with Crippen molar-refractivity contribution in [1.82, 2.24) is 10.3 Å². The Hall–Kier alpha value is -1.09. The molecule has 0 saturated heterocycles. The van der Waals surface area contributed by atoms with Crippen LogP contribution in [-0.2, 0) is 0 Å². The number of nitrogens with one attached hydrogen (secondary N) is 1. The molecule has 0 amide bonds. The number of hydrogen-bond acceptors (Lipinski definition) is 3. The molecule has 1 unspecified atom stereocenters. The van der Waals surface area contributed by atoms with E-state index in [4.69, 9.17) is 0 Å². The van der Waals surface area contributed by atoms with Gasteiger partial charge in [-0.05, 0) is 44.0 Å². The first-order chi connectivity index (χ1) is 9.19. The van der Waals surface area contributed by atoms with E-state index in [2.05, 4.69) is 55.2 Å². The van der Waals surface area contributed by atoms with Crippen LogP contribution in [0.25, 0.3) is 0 Å². The van der Waals surface area contributed by atoms with Crippen LogP contribution in [0, 0.1) is 0 Å². The smallest absolute Gasteiger partial charge is 0.128 e. The molecule has 0 spiro atoms. The molecule has 1 heterocycles. The highest BCUT2D eigenvalue weighted by Gasteiger charge is 2.07. The minimum absolute atomic E-state index is 0.394. The lowest BCUT2D eigenvalue weighted by Crippen LogP contribution is -2.22. The molecular weight excluding hydrogens is 234 g/mol. The van der Waals surface area contributed by atoms with Crippen LogP contribution in [0.3, 0.4) is 0 Å². The predicted molar refractivity (Wildman–Crippen MR) is 83.7 cm³/mol. The second-order valence-corrected chi connectivity index (χ2v) is 5.25. The predicted octanol–water partition coefficient (Wildman–Crippen LogP) is 3.77. The maximum Gasteiger partial charge on any atom is 0.128 e. The quantitative estimate of drug-likeness (QED) is 0.687. The van der Waals surface area contributed by atoms with Crippen LogP contribution in [0.4, 0.5) is 5.82 Å². The third-order valence-corrected chi connectivity index (χ3v) is 3.46. The van der Waals surface area contributed by atoms with E-state index in [1.807, 2.05) is 6.20 Å². The van der Waals surface area contributed by atoms with Gasteiger partial charge in [0.25, 0.3) is 0 Å². The van der Waals surface area contributed by atoms with Gasteiger partial charge in [-0.2, -0.15) is 0 Å². The summed E-state index contributed by atoms with van der Waals surface area (Å²) in [5.41, 5.74) is 1.32. The van der Waals surface area contributed by atoms with Gasteiger partial charge in [0.05, 0.1) is 0 Å². The molecule has 1 aromatic heterocycles. The van der Waals surface area contributed by atoms with Gasteiger partial charge in [0.15, 0.2) is 0 Å². The van der Waals surface area contributed by atoms with Gasteiger partial charge >= 0.3 is 0 Å². The summed E-state index contributed by atoms with van der Waals surface area (Å²) in [5, 5.41) is 3.52. The van der Waals surface area contributed by atoms with Gasteiger partial charge in [-0.15, -0.1) is 0 Å². The maximum absolute atomic E-state index is 4.48. The van der Waals surface area contributed by atoms with Crippen LogP contribution < -0.4 is 10.2 Å². The summed E-state index contributed by atoms with van der Waals surface area (Å²) in [6, 6.07) is 4.71. The summed E-state index contributed by atoms with van der Waals surface area (Å²) in [5.74, 6) is 1.08. The van der Waals surface area contributed by atoms with E-state index in [0.29, 0.717) is 6.04 Å². The minimum Gasteiger partial charge on any atom is -0.360 e. The van der Waals surface area contributed by atoms with Crippen molar-refractivity contribution in [3.63, 3.8) is 0 Å². The molecule has 0 aliphatic carbocycles. The zero-order chi connectivity index (χ0) is 14.1. The van der Waals surface area contributed by atoms with Gasteiger partial charge in [0.2, 0.25) is 0 Å². The Balaban J connectivity index is 2.60. The van der Waals surface area contributed by atoms with Crippen molar-refractivity contribution < 1.29 is 0 Å². The highest BCUT2D eigenvalue weighted by Crippen LogP contribution is 2.17. The van der Waals surface area contributed by atoms with Gasteiger partial charge < -0.3 is 10.2 Å². The first-order valence-corrected chi connectivity index (χ1v) is 7.59. The minimum atomic E-state index is 0.394. The number of unbranched alkanes of at least 4 members (excludes halogenated alkanes) is 2. The molecule has 3 heteroatoms. The third kappa shape index (κ3) is 5.60. The summed E-state index contributed by atoms with van der Waals surface area (Å²) < 4.78 is 0. The summed E-state index contributed by atoms with van der Waals surface area (Å²) in [6.07, 6.45) is 6.88. The summed E-state index contributed by atoms with van der Waals surface area (Å²) in [6.45, 7) is 8.79. The van der Waals surface area contributed by atoms with Crippen LogP contribution in [0.1, 0.15) is 58.1 Å². The van der Waals surface area contributed by atoms with Crippen molar-refractivity contribution in [3.05, 3.63) is 23.9 Å². The zero-order valence-electron chi connectivity index (χ0n) is 12.9. The topological polar surface area (TPSA) is 28.2 Å². The second-order valence-electron chi connectivity index (χ2n) is 5.25. The Bertz CT molecular complexity index is 352. The molecule has 0 saturated carbocycles. The molecule has 1 aromatic rings. The molecule has 19 heavy (non-hydrogen) atoms. The van der Waals surface area contributed by atoms with Crippen molar-refractivity contribution >= 4 is 5.82 Å². The second kappa shape index (κ2) is 8.92. The number of rotatable bonds is 9. The molecule has 0 bridgehead atoms. The van der Waals surface area contributed by atoms with Crippen molar-refractivity contribution in [3.8, 4) is 0 Å². The Morgan fingerprint density at radius 2 is 2.05 bits per heavy atom. The lowest BCUT2D eigenvalue weighted by molar-refractivity contribution is 0.570. The lowest BCUT2D eigenvalue weighted by Gasteiger charge is -2.20. The SMILES string of the molecule is CCCCCN(C)c1cc(C(C)NCCC)ccn1. The fourth-order valence-corrected chi connectivity index (χ4v) is 2.10. The van der Waals surface area contributed by atoms with Crippen molar-refractivity contribution in [2.24, 2.45) is 0 Å². The molecule has 1 N–H and O–H groups in total. The monoisotopic (exact) mass is 263 g/mol. The van der Waals surface area contributed by atoms with Crippen LogP contribution in [-0.4, -0.2) is 25.1 Å². The summed E-state index contributed by atoms with van der Waals surface area (Å²) in [4.78, 5) is 6.73. The van der Waals surface area contributed by atoms with Gasteiger partial charge in [-0.3, -0.25) is 0 Å². The fourth-order valence-electron chi connectivity index (χ4n) is 2.10. The van der Waals surface area contributed by atoms with Crippen molar-refractivity contribution in [2.75, 3.05) is 25.0 Å². The molecular formula is C16H29N3. The number of aromatic nitrogens is 1. The van der Waals surface area contributed by atoms with Crippen LogP contribution in [0.15, 0.2) is 18.3 Å². The Kier molecular flexibility index (Phi) is 7.49. The normalized spacial score (nSPS) is 12.4. The van der Waals surface area contributed by atoms with E-state index in [0.717, 1.165) is 18.9 Å². The fraction of sp³-hybridized carbons (Fsp3) is 0.688. The van der Waals surface area contributed by atoms with Gasteiger partial charge in [-0.25, -0.2) is 4.98 Å². The number of nitrogens with zero attached hydrogens (tertiary/aromatic N) is 2.